The topological polar surface area (TPSA) is 81.5 Å². The van der Waals surface area contributed by atoms with Gasteiger partial charge in [-0.05, 0) is 36.2 Å². The number of rotatable bonds is 8. The van der Waals surface area contributed by atoms with Gasteiger partial charge >= 0.3 is 0 Å². The van der Waals surface area contributed by atoms with Crippen LogP contribution in [0.3, 0.4) is 0 Å². The minimum atomic E-state index is -0.622. The number of halogens is 1. The summed E-state index contributed by atoms with van der Waals surface area (Å²) in [6.07, 6.45) is 2.02. The molecule has 1 amide bonds. The Balaban J connectivity index is 2.03. The minimum Gasteiger partial charge on any atom is -0.494 e. The van der Waals surface area contributed by atoms with Crippen LogP contribution < -0.4 is 10.1 Å². The molecule has 0 saturated heterocycles. The molecule has 0 saturated carbocycles. The van der Waals surface area contributed by atoms with Crippen LogP contribution in [-0.2, 0) is 6.54 Å². The highest BCUT2D eigenvalue weighted by molar-refractivity contribution is 6.31. The number of amides is 1. The molecule has 0 spiro atoms. The van der Waals surface area contributed by atoms with Gasteiger partial charge in [0.15, 0.2) is 0 Å². The van der Waals surface area contributed by atoms with Crippen molar-refractivity contribution in [3.8, 4) is 5.75 Å². The number of ether oxygens (including phenoxy) is 1. The van der Waals surface area contributed by atoms with Gasteiger partial charge in [0, 0.05) is 17.6 Å². The van der Waals surface area contributed by atoms with Gasteiger partial charge in [-0.25, -0.2) is 0 Å². The molecule has 0 unspecified atom stereocenters. The molecule has 132 valence electrons. The van der Waals surface area contributed by atoms with Crippen molar-refractivity contribution in [2.45, 2.75) is 26.3 Å². The molecule has 0 aromatic heterocycles. The number of carbonyl (C=O) groups is 1. The van der Waals surface area contributed by atoms with Crippen LogP contribution in [0.1, 0.15) is 35.7 Å². The van der Waals surface area contributed by atoms with Crippen LogP contribution in [0.5, 0.6) is 5.75 Å². The van der Waals surface area contributed by atoms with E-state index >= 15 is 0 Å². The number of hydrogen-bond donors (Lipinski definition) is 1. The summed E-state index contributed by atoms with van der Waals surface area (Å²) < 4.78 is 5.63. The molecule has 0 aliphatic carbocycles. The van der Waals surface area contributed by atoms with Gasteiger partial charge in [-0.2, -0.15) is 0 Å². The predicted molar refractivity (Wildman–Crippen MR) is 96.1 cm³/mol. The highest BCUT2D eigenvalue weighted by Crippen LogP contribution is 2.23. The van der Waals surface area contributed by atoms with Gasteiger partial charge < -0.3 is 10.1 Å². The van der Waals surface area contributed by atoms with E-state index in [1.54, 1.807) is 0 Å². The van der Waals surface area contributed by atoms with E-state index in [0.29, 0.717) is 6.61 Å². The Morgan fingerprint density at radius 2 is 2.08 bits per heavy atom. The van der Waals surface area contributed by atoms with Crippen molar-refractivity contribution >= 4 is 23.2 Å². The molecule has 2 rings (SSSR count). The van der Waals surface area contributed by atoms with Crippen molar-refractivity contribution in [2.75, 3.05) is 6.61 Å². The standard InChI is InChI=1S/C18H19ClN2O4/c1-2-3-9-25-15-6-4-5-13(10-15)12-20-18(22)16-8-7-14(19)11-17(16)21(23)24/h4-8,10-11H,2-3,9,12H2,1H3,(H,20,22). The van der Waals surface area contributed by atoms with Gasteiger partial charge in [0.2, 0.25) is 0 Å². The van der Waals surface area contributed by atoms with Crippen LogP contribution in [0.2, 0.25) is 5.02 Å². The lowest BCUT2D eigenvalue weighted by Gasteiger charge is -2.09. The zero-order chi connectivity index (χ0) is 18.2. The molecule has 7 heteroatoms. The lowest BCUT2D eigenvalue weighted by Crippen LogP contribution is -2.23. The molecular formula is C18H19ClN2O4. The first-order valence-electron chi connectivity index (χ1n) is 7.95. The average Bonchev–Trinajstić information content (AvgIpc) is 2.60. The zero-order valence-electron chi connectivity index (χ0n) is 13.8. The Hall–Kier alpha value is -2.60. The van der Waals surface area contributed by atoms with Gasteiger partial charge in [0.1, 0.15) is 11.3 Å². The molecule has 0 heterocycles. The summed E-state index contributed by atoms with van der Waals surface area (Å²) in [5.74, 6) is 0.207. The Morgan fingerprint density at radius 1 is 1.28 bits per heavy atom. The molecule has 25 heavy (non-hydrogen) atoms. The van der Waals surface area contributed by atoms with Gasteiger partial charge in [-0.3, -0.25) is 14.9 Å². The highest BCUT2D eigenvalue weighted by Gasteiger charge is 2.20. The van der Waals surface area contributed by atoms with Crippen LogP contribution in [0, 0.1) is 10.1 Å². The lowest BCUT2D eigenvalue weighted by atomic mass is 10.1. The molecule has 0 radical (unpaired) electrons. The van der Waals surface area contributed by atoms with Gasteiger partial charge in [0.25, 0.3) is 11.6 Å². The number of benzene rings is 2. The molecule has 0 aliphatic heterocycles. The van der Waals surface area contributed by atoms with E-state index in [2.05, 4.69) is 12.2 Å². The summed E-state index contributed by atoms with van der Waals surface area (Å²) in [6.45, 7) is 2.97. The van der Waals surface area contributed by atoms with Crippen LogP contribution in [0.25, 0.3) is 0 Å². The third-order valence-corrected chi connectivity index (χ3v) is 3.75. The first-order valence-corrected chi connectivity index (χ1v) is 8.33. The smallest absolute Gasteiger partial charge is 0.283 e. The van der Waals surface area contributed by atoms with E-state index in [1.165, 1.54) is 18.2 Å². The van der Waals surface area contributed by atoms with Crippen molar-refractivity contribution in [3.63, 3.8) is 0 Å². The third kappa shape index (κ3) is 5.46. The molecule has 0 bridgehead atoms. The Labute approximate surface area is 150 Å². The van der Waals surface area contributed by atoms with E-state index in [4.69, 9.17) is 16.3 Å². The molecule has 6 nitrogen and oxygen atoms in total. The maximum absolute atomic E-state index is 12.3. The fourth-order valence-electron chi connectivity index (χ4n) is 2.21. The number of nitro benzene ring substituents is 1. The first kappa shape index (κ1) is 18.7. The van der Waals surface area contributed by atoms with Crippen molar-refractivity contribution in [2.24, 2.45) is 0 Å². The van der Waals surface area contributed by atoms with Gasteiger partial charge in [-0.1, -0.05) is 37.1 Å². The summed E-state index contributed by atoms with van der Waals surface area (Å²) in [6, 6.07) is 11.3. The second kappa shape index (κ2) is 9.03. The van der Waals surface area contributed by atoms with Crippen molar-refractivity contribution in [1.82, 2.24) is 5.32 Å². The largest absolute Gasteiger partial charge is 0.494 e. The van der Waals surface area contributed by atoms with Crippen LogP contribution in [0.4, 0.5) is 5.69 Å². The fraction of sp³-hybridized carbons (Fsp3) is 0.278. The Kier molecular flexibility index (Phi) is 6.77. The summed E-state index contributed by atoms with van der Waals surface area (Å²) in [5, 5.41) is 14.0. The number of carbonyl (C=O) groups excluding carboxylic acids is 1. The number of nitrogens with one attached hydrogen (secondary N) is 1. The van der Waals surface area contributed by atoms with E-state index in [9.17, 15) is 14.9 Å². The number of nitrogens with zero attached hydrogens (tertiary/aromatic N) is 1. The summed E-state index contributed by atoms with van der Waals surface area (Å²) >= 11 is 5.76. The molecule has 0 atom stereocenters. The van der Waals surface area contributed by atoms with Gasteiger partial charge in [-0.15, -0.1) is 0 Å². The predicted octanol–water partition coefficient (Wildman–Crippen LogP) is 4.36. The second-order valence-electron chi connectivity index (χ2n) is 5.45. The van der Waals surface area contributed by atoms with Gasteiger partial charge in [0.05, 0.1) is 11.5 Å². The molecule has 2 aromatic carbocycles. The highest BCUT2D eigenvalue weighted by atomic mass is 35.5. The van der Waals surface area contributed by atoms with Crippen LogP contribution >= 0.6 is 11.6 Å². The maximum atomic E-state index is 12.3. The molecule has 0 aliphatic rings. The number of unbranched alkanes of at least 4 members (excludes halogenated alkanes) is 1. The number of nitro groups is 1. The minimum absolute atomic E-state index is 0.0234. The average molecular weight is 363 g/mol. The van der Waals surface area contributed by atoms with E-state index < -0.39 is 10.8 Å². The third-order valence-electron chi connectivity index (χ3n) is 3.52. The zero-order valence-corrected chi connectivity index (χ0v) is 14.6. The Bertz CT molecular complexity index is 764. The normalized spacial score (nSPS) is 10.3. The van der Waals surface area contributed by atoms with E-state index in [0.717, 1.165) is 24.2 Å². The second-order valence-corrected chi connectivity index (χ2v) is 5.89. The molecule has 0 fully saturated rings. The Morgan fingerprint density at radius 3 is 2.80 bits per heavy atom. The lowest BCUT2D eigenvalue weighted by molar-refractivity contribution is -0.385. The monoisotopic (exact) mass is 362 g/mol. The van der Waals surface area contributed by atoms with Crippen LogP contribution in [0.15, 0.2) is 42.5 Å². The van der Waals surface area contributed by atoms with Crippen molar-refractivity contribution in [1.29, 1.82) is 0 Å². The van der Waals surface area contributed by atoms with E-state index in [1.807, 2.05) is 24.3 Å². The molecular weight excluding hydrogens is 344 g/mol. The maximum Gasteiger partial charge on any atom is 0.283 e. The fourth-order valence-corrected chi connectivity index (χ4v) is 2.37. The van der Waals surface area contributed by atoms with Crippen molar-refractivity contribution < 1.29 is 14.5 Å². The first-order chi connectivity index (χ1) is 12.0. The summed E-state index contributed by atoms with van der Waals surface area (Å²) in [5.41, 5.74) is 0.505. The molecule has 2 aromatic rings. The van der Waals surface area contributed by atoms with Crippen LogP contribution in [-0.4, -0.2) is 17.4 Å². The summed E-state index contributed by atoms with van der Waals surface area (Å²) in [4.78, 5) is 22.7. The summed E-state index contributed by atoms with van der Waals surface area (Å²) in [7, 11) is 0. The number of hydrogen-bond acceptors (Lipinski definition) is 4. The van der Waals surface area contributed by atoms with E-state index in [-0.39, 0.29) is 22.8 Å². The van der Waals surface area contributed by atoms with Crippen molar-refractivity contribution in [3.05, 3.63) is 68.7 Å². The quantitative estimate of drug-likeness (QED) is 0.430. The SMILES string of the molecule is CCCCOc1cccc(CNC(=O)c2ccc(Cl)cc2[N+](=O)[O-])c1. The molecule has 1 N–H and O–H groups in total.